The van der Waals surface area contributed by atoms with Gasteiger partial charge in [0.2, 0.25) is 6.10 Å². The summed E-state index contributed by atoms with van der Waals surface area (Å²) in [5.41, 5.74) is -0.983. The average molecular weight is 518 g/mol. The van der Waals surface area contributed by atoms with Crippen molar-refractivity contribution in [2.75, 3.05) is 0 Å². The second-order valence-corrected chi connectivity index (χ2v) is 8.87. The average Bonchev–Trinajstić information content (AvgIpc) is 3.33. The van der Waals surface area contributed by atoms with Crippen LogP contribution in [-0.2, 0) is 9.53 Å². The SMILES string of the molecule is CC1(C)C(C=C(Cl)C(F)(F)C(F)(F)F)C1C(=O)OC(C#N)c1ccc(F)c(Oc2ccccc2)c1. The quantitative estimate of drug-likeness (QED) is 0.285. The fourth-order valence-electron chi connectivity index (χ4n) is 3.57. The van der Waals surface area contributed by atoms with Gasteiger partial charge >= 0.3 is 18.1 Å². The van der Waals surface area contributed by atoms with E-state index in [9.17, 15) is 36.4 Å². The van der Waals surface area contributed by atoms with Crippen molar-refractivity contribution in [1.29, 1.82) is 5.26 Å². The van der Waals surface area contributed by atoms with E-state index in [1.807, 2.05) is 0 Å². The molecule has 35 heavy (non-hydrogen) atoms. The summed E-state index contributed by atoms with van der Waals surface area (Å²) in [5, 5.41) is 7.75. The number of hydrogen-bond acceptors (Lipinski definition) is 4. The van der Waals surface area contributed by atoms with E-state index in [4.69, 9.17) is 21.1 Å². The molecular formula is C24H18ClF6NO3. The van der Waals surface area contributed by atoms with Gasteiger partial charge in [-0.1, -0.05) is 55.8 Å². The summed E-state index contributed by atoms with van der Waals surface area (Å²) in [6.45, 7) is 2.92. The zero-order chi connectivity index (χ0) is 26.2. The summed E-state index contributed by atoms with van der Waals surface area (Å²) >= 11 is 5.25. The molecule has 11 heteroatoms. The van der Waals surface area contributed by atoms with Crippen LogP contribution in [0.25, 0.3) is 0 Å². The van der Waals surface area contributed by atoms with Crippen LogP contribution in [0.15, 0.2) is 59.6 Å². The predicted molar refractivity (Wildman–Crippen MR) is 113 cm³/mol. The number of carbonyl (C=O) groups is 1. The number of para-hydroxylation sites is 1. The van der Waals surface area contributed by atoms with E-state index < -0.39 is 52.3 Å². The van der Waals surface area contributed by atoms with E-state index in [1.165, 1.54) is 26.0 Å². The summed E-state index contributed by atoms with van der Waals surface area (Å²) in [5.74, 6) is -9.15. The van der Waals surface area contributed by atoms with Crippen molar-refractivity contribution in [2.24, 2.45) is 17.3 Å². The Morgan fingerprint density at radius 3 is 2.34 bits per heavy atom. The monoisotopic (exact) mass is 517 g/mol. The number of halogens is 7. The smallest absolute Gasteiger partial charge is 0.454 e. The lowest BCUT2D eigenvalue weighted by Gasteiger charge is -2.18. The Hall–Kier alpha value is -3.19. The van der Waals surface area contributed by atoms with E-state index in [0.717, 1.165) is 6.07 Å². The zero-order valence-electron chi connectivity index (χ0n) is 18.2. The molecule has 1 aliphatic rings. The molecule has 2 aromatic carbocycles. The van der Waals surface area contributed by atoms with Crippen molar-refractivity contribution in [3.63, 3.8) is 0 Å². The van der Waals surface area contributed by atoms with Crippen LogP contribution in [-0.4, -0.2) is 18.1 Å². The molecule has 3 unspecified atom stereocenters. The van der Waals surface area contributed by atoms with Gasteiger partial charge in [0.15, 0.2) is 11.6 Å². The lowest BCUT2D eigenvalue weighted by atomic mass is 10.1. The van der Waals surface area contributed by atoms with E-state index in [1.54, 1.807) is 36.4 Å². The number of allylic oxidation sites excluding steroid dienone is 2. The first-order valence-electron chi connectivity index (χ1n) is 10.1. The number of ether oxygens (including phenoxy) is 2. The molecule has 0 aromatic heterocycles. The Labute approximate surface area is 201 Å². The highest BCUT2D eigenvalue weighted by Gasteiger charge is 2.65. The number of benzene rings is 2. The highest BCUT2D eigenvalue weighted by atomic mass is 35.5. The van der Waals surface area contributed by atoms with E-state index in [2.05, 4.69) is 0 Å². The predicted octanol–water partition coefficient (Wildman–Crippen LogP) is 7.32. The molecule has 0 heterocycles. The molecule has 0 amide bonds. The number of carbonyl (C=O) groups excluding carboxylic acids is 1. The number of esters is 1. The molecule has 0 saturated heterocycles. The number of nitriles is 1. The minimum Gasteiger partial charge on any atom is -0.454 e. The Kier molecular flexibility index (Phi) is 7.14. The Balaban J connectivity index is 1.77. The third-order valence-electron chi connectivity index (χ3n) is 5.73. The summed E-state index contributed by atoms with van der Waals surface area (Å²) in [4.78, 5) is 12.7. The minimum atomic E-state index is -5.90. The van der Waals surface area contributed by atoms with Crippen LogP contribution in [0.1, 0.15) is 25.5 Å². The lowest BCUT2D eigenvalue weighted by Crippen LogP contribution is -2.36. The van der Waals surface area contributed by atoms with Gasteiger partial charge in [-0.05, 0) is 35.6 Å². The van der Waals surface area contributed by atoms with Gasteiger partial charge in [0.05, 0.1) is 11.0 Å². The number of alkyl halides is 5. The van der Waals surface area contributed by atoms with Gasteiger partial charge in [-0.3, -0.25) is 4.79 Å². The maximum Gasteiger partial charge on any atom is 0.459 e. The Morgan fingerprint density at radius 1 is 1.14 bits per heavy atom. The summed E-state index contributed by atoms with van der Waals surface area (Å²) < 4.78 is 89.5. The van der Waals surface area contributed by atoms with Crippen LogP contribution in [0.5, 0.6) is 11.5 Å². The molecule has 2 aromatic rings. The molecule has 0 spiro atoms. The second-order valence-electron chi connectivity index (χ2n) is 8.46. The first-order chi connectivity index (χ1) is 16.2. The number of hydrogen-bond donors (Lipinski definition) is 0. The summed E-state index contributed by atoms with van der Waals surface area (Å²) in [7, 11) is 0. The van der Waals surface area contributed by atoms with Crippen molar-refractivity contribution in [3.05, 3.63) is 71.0 Å². The Bertz CT molecular complexity index is 1170. The molecule has 4 nitrogen and oxygen atoms in total. The number of nitrogens with zero attached hydrogens (tertiary/aromatic N) is 1. The first kappa shape index (κ1) is 26.4. The first-order valence-corrected chi connectivity index (χ1v) is 10.5. The van der Waals surface area contributed by atoms with Crippen LogP contribution in [0, 0.1) is 34.4 Å². The number of rotatable bonds is 7. The highest BCUT2D eigenvalue weighted by Crippen LogP contribution is 2.61. The third-order valence-corrected chi connectivity index (χ3v) is 6.09. The topological polar surface area (TPSA) is 59.3 Å². The minimum absolute atomic E-state index is 0.0698. The second kappa shape index (κ2) is 9.46. The van der Waals surface area contributed by atoms with E-state index in [0.29, 0.717) is 11.8 Å². The highest BCUT2D eigenvalue weighted by molar-refractivity contribution is 6.30. The molecule has 0 N–H and O–H groups in total. The fraction of sp³-hybridized carbons (Fsp3) is 0.333. The standard InChI is InChI=1S/C24H18ClF6NO3/c1-22(2)15(11-19(25)23(27,28)24(29,30)31)20(22)21(33)35-18(12-32)13-8-9-16(26)17(10-13)34-14-6-4-3-5-7-14/h3-11,15,18,20H,1-2H3. The van der Waals surface area contributed by atoms with Gasteiger partial charge < -0.3 is 9.47 Å². The lowest BCUT2D eigenvalue weighted by molar-refractivity contribution is -0.261. The van der Waals surface area contributed by atoms with E-state index >= 15 is 0 Å². The molecule has 0 aliphatic heterocycles. The zero-order valence-corrected chi connectivity index (χ0v) is 19.0. The van der Waals surface area contributed by atoms with Crippen molar-refractivity contribution < 1.29 is 40.6 Å². The van der Waals surface area contributed by atoms with Crippen molar-refractivity contribution in [3.8, 4) is 17.6 Å². The molecule has 186 valence electrons. The fourth-order valence-corrected chi connectivity index (χ4v) is 3.81. The maximum atomic E-state index is 14.2. The van der Waals surface area contributed by atoms with Crippen molar-refractivity contribution in [1.82, 2.24) is 0 Å². The molecule has 0 radical (unpaired) electrons. The van der Waals surface area contributed by atoms with Gasteiger partial charge in [-0.25, -0.2) is 4.39 Å². The largest absolute Gasteiger partial charge is 0.459 e. The molecule has 1 saturated carbocycles. The summed E-state index contributed by atoms with van der Waals surface area (Å²) in [6, 6.07) is 13.3. The third kappa shape index (κ3) is 5.40. The summed E-state index contributed by atoms with van der Waals surface area (Å²) in [6.07, 6.45) is -6.93. The normalized spacial score (nSPS) is 20.5. The van der Waals surface area contributed by atoms with Crippen LogP contribution < -0.4 is 4.74 Å². The van der Waals surface area contributed by atoms with Gasteiger partial charge in [-0.2, -0.15) is 27.2 Å². The molecule has 3 atom stereocenters. The molecule has 0 bridgehead atoms. The van der Waals surface area contributed by atoms with Crippen LogP contribution >= 0.6 is 11.6 Å². The van der Waals surface area contributed by atoms with Gasteiger partial charge in [0.25, 0.3) is 0 Å². The van der Waals surface area contributed by atoms with Crippen molar-refractivity contribution in [2.45, 2.75) is 32.1 Å². The molecule has 1 fully saturated rings. The van der Waals surface area contributed by atoms with E-state index in [-0.39, 0.29) is 11.3 Å². The molecule has 3 rings (SSSR count). The van der Waals surface area contributed by atoms with Crippen LogP contribution in [0.2, 0.25) is 0 Å². The molecule has 1 aliphatic carbocycles. The Morgan fingerprint density at radius 2 is 1.77 bits per heavy atom. The van der Waals surface area contributed by atoms with Gasteiger partial charge in [-0.15, -0.1) is 0 Å². The maximum absolute atomic E-state index is 14.2. The van der Waals surface area contributed by atoms with Crippen LogP contribution in [0.4, 0.5) is 26.3 Å². The molecular weight excluding hydrogens is 500 g/mol. The van der Waals surface area contributed by atoms with Crippen LogP contribution in [0.3, 0.4) is 0 Å². The van der Waals surface area contributed by atoms with Gasteiger partial charge in [0.1, 0.15) is 11.8 Å². The van der Waals surface area contributed by atoms with Crippen molar-refractivity contribution >= 4 is 17.6 Å². The van der Waals surface area contributed by atoms with Gasteiger partial charge in [0, 0.05) is 5.56 Å².